The number of hydrogen-bond acceptors (Lipinski definition) is 4. The molecule has 120 valence electrons. The quantitative estimate of drug-likeness (QED) is 0.485. The standard InChI is InChI=1S/C17H11BrN2O3S/c18-11-6-8-12(9-7-11)20-16(22)14(15(21)19-17(20)24)5-1-3-13-4-2-10-23-13/h1-10H,(H,19,21,24)/b3-1+,14-5+. The van der Waals surface area contributed by atoms with Gasteiger partial charge in [0.1, 0.15) is 11.3 Å². The molecule has 0 atom stereocenters. The van der Waals surface area contributed by atoms with Gasteiger partial charge in [-0.2, -0.15) is 0 Å². The second-order valence-corrected chi connectivity index (χ2v) is 6.13. The number of nitrogens with zero attached hydrogens (tertiary/aromatic N) is 1. The van der Waals surface area contributed by atoms with E-state index in [-0.39, 0.29) is 10.7 Å². The first-order chi connectivity index (χ1) is 11.6. The molecule has 3 rings (SSSR count). The largest absolute Gasteiger partial charge is 0.465 e. The maximum atomic E-state index is 12.7. The van der Waals surface area contributed by atoms with Crippen LogP contribution >= 0.6 is 28.1 Å². The molecule has 2 heterocycles. The normalized spacial score (nSPS) is 17.0. The van der Waals surface area contributed by atoms with Crippen molar-refractivity contribution in [2.75, 3.05) is 4.90 Å². The zero-order valence-electron chi connectivity index (χ0n) is 12.2. The number of benzene rings is 1. The maximum Gasteiger partial charge on any atom is 0.270 e. The number of hydrogen-bond donors (Lipinski definition) is 1. The molecular formula is C17H11BrN2O3S. The Morgan fingerprint density at radius 2 is 1.92 bits per heavy atom. The summed E-state index contributed by atoms with van der Waals surface area (Å²) in [5.74, 6) is -0.381. The lowest BCUT2D eigenvalue weighted by molar-refractivity contribution is -0.122. The van der Waals surface area contributed by atoms with Crippen LogP contribution in [0, 0.1) is 0 Å². The Balaban J connectivity index is 1.89. The molecule has 1 aromatic heterocycles. The molecule has 1 aliphatic heterocycles. The fourth-order valence-corrected chi connectivity index (χ4v) is 2.67. The lowest BCUT2D eigenvalue weighted by atomic mass is 10.1. The zero-order valence-corrected chi connectivity index (χ0v) is 14.6. The first-order valence-electron chi connectivity index (χ1n) is 6.93. The van der Waals surface area contributed by atoms with Crippen LogP contribution in [0.5, 0.6) is 0 Å². The number of carbonyl (C=O) groups is 2. The van der Waals surface area contributed by atoms with Crippen molar-refractivity contribution in [3.8, 4) is 0 Å². The van der Waals surface area contributed by atoms with E-state index in [1.807, 2.05) is 0 Å². The lowest BCUT2D eigenvalue weighted by Gasteiger charge is -2.28. The molecule has 24 heavy (non-hydrogen) atoms. The molecule has 0 aliphatic carbocycles. The average Bonchev–Trinajstić information content (AvgIpc) is 3.05. The fourth-order valence-electron chi connectivity index (χ4n) is 2.13. The van der Waals surface area contributed by atoms with Crippen molar-refractivity contribution in [1.29, 1.82) is 0 Å². The molecule has 1 aromatic carbocycles. The number of carbonyl (C=O) groups excluding carboxylic acids is 2. The predicted octanol–water partition coefficient (Wildman–Crippen LogP) is 3.43. The molecule has 5 nitrogen and oxygen atoms in total. The van der Waals surface area contributed by atoms with E-state index in [1.54, 1.807) is 54.8 Å². The molecular weight excluding hydrogens is 392 g/mol. The highest BCUT2D eigenvalue weighted by atomic mass is 79.9. The number of amides is 2. The average molecular weight is 403 g/mol. The van der Waals surface area contributed by atoms with Crippen LogP contribution in [0.4, 0.5) is 5.69 Å². The van der Waals surface area contributed by atoms with Crippen LogP contribution in [-0.4, -0.2) is 16.9 Å². The van der Waals surface area contributed by atoms with Gasteiger partial charge in [0.15, 0.2) is 5.11 Å². The van der Waals surface area contributed by atoms with E-state index < -0.39 is 11.8 Å². The van der Waals surface area contributed by atoms with Gasteiger partial charge in [-0.15, -0.1) is 0 Å². The fraction of sp³-hybridized carbons (Fsp3) is 0. The van der Waals surface area contributed by atoms with Crippen molar-refractivity contribution in [2.45, 2.75) is 0 Å². The predicted molar refractivity (Wildman–Crippen MR) is 98.2 cm³/mol. The first kappa shape index (κ1) is 16.4. The molecule has 0 radical (unpaired) electrons. The summed E-state index contributed by atoms with van der Waals surface area (Å²) in [6.45, 7) is 0. The Bertz CT molecular complexity index is 854. The van der Waals surface area contributed by atoms with Crippen molar-refractivity contribution in [3.05, 3.63) is 70.6 Å². The monoisotopic (exact) mass is 402 g/mol. The molecule has 2 aromatic rings. The van der Waals surface area contributed by atoms with Crippen molar-refractivity contribution in [3.63, 3.8) is 0 Å². The van der Waals surface area contributed by atoms with Gasteiger partial charge in [0.2, 0.25) is 0 Å². The van der Waals surface area contributed by atoms with Gasteiger partial charge in [-0.3, -0.25) is 19.8 Å². The summed E-state index contributed by atoms with van der Waals surface area (Å²) < 4.78 is 6.04. The minimum absolute atomic E-state index is 0.00525. The molecule has 0 unspecified atom stereocenters. The Morgan fingerprint density at radius 3 is 2.58 bits per heavy atom. The second-order valence-electron chi connectivity index (χ2n) is 4.83. The first-order valence-corrected chi connectivity index (χ1v) is 8.13. The minimum atomic E-state index is -0.526. The van der Waals surface area contributed by atoms with E-state index in [0.717, 1.165) is 4.47 Å². The summed E-state index contributed by atoms with van der Waals surface area (Å²) in [4.78, 5) is 26.0. The Morgan fingerprint density at radius 1 is 1.17 bits per heavy atom. The lowest BCUT2D eigenvalue weighted by Crippen LogP contribution is -2.54. The molecule has 1 saturated heterocycles. The van der Waals surface area contributed by atoms with E-state index in [1.165, 1.54) is 11.0 Å². The van der Waals surface area contributed by atoms with Crippen LogP contribution in [0.1, 0.15) is 5.76 Å². The van der Waals surface area contributed by atoms with Crippen LogP contribution in [-0.2, 0) is 9.59 Å². The van der Waals surface area contributed by atoms with Crippen molar-refractivity contribution < 1.29 is 14.0 Å². The van der Waals surface area contributed by atoms with Gasteiger partial charge < -0.3 is 4.42 Å². The third-order valence-corrected chi connectivity index (χ3v) is 4.07. The molecule has 7 heteroatoms. The number of furan rings is 1. The van der Waals surface area contributed by atoms with E-state index >= 15 is 0 Å². The van der Waals surface area contributed by atoms with Crippen molar-refractivity contribution in [1.82, 2.24) is 5.32 Å². The third-order valence-electron chi connectivity index (χ3n) is 3.25. The van der Waals surface area contributed by atoms with Gasteiger partial charge in [-0.25, -0.2) is 0 Å². The molecule has 2 amide bonds. The molecule has 1 fully saturated rings. The molecule has 1 N–H and O–H groups in total. The molecule has 0 saturated carbocycles. The van der Waals surface area contributed by atoms with Gasteiger partial charge in [-0.1, -0.05) is 22.0 Å². The number of halogens is 1. The van der Waals surface area contributed by atoms with E-state index in [0.29, 0.717) is 11.4 Å². The number of nitrogens with one attached hydrogen (secondary N) is 1. The maximum absolute atomic E-state index is 12.7. The number of anilines is 1. The van der Waals surface area contributed by atoms with Gasteiger partial charge in [0, 0.05) is 4.47 Å². The smallest absolute Gasteiger partial charge is 0.270 e. The molecule has 1 aliphatic rings. The summed E-state index contributed by atoms with van der Waals surface area (Å²) in [7, 11) is 0. The summed E-state index contributed by atoms with van der Waals surface area (Å²) in [5, 5.41) is 2.58. The highest BCUT2D eigenvalue weighted by molar-refractivity contribution is 9.10. The Kier molecular flexibility index (Phi) is 4.73. The summed E-state index contributed by atoms with van der Waals surface area (Å²) in [5.41, 5.74) is 0.573. The zero-order chi connectivity index (χ0) is 17.1. The number of allylic oxidation sites excluding steroid dienone is 2. The summed E-state index contributed by atoms with van der Waals surface area (Å²) in [6, 6.07) is 10.6. The van der Waals surface area contributed by atoms with Crippen LogP contribution in [0.15, 0.2) is 69.3 Å². The Labute approximate surface area is 151 Å². The molecule has 0 spiro atoms. The Hall–Kier alpha value is -2.51. The number of thiocarbonyl (C=S) groups is 1. The van der Waals surface area contributed by atoms with Crippen LogP contribution in [0.3, 0.4) is 0 Å². The van der Waals surface area contributed by atoms with E-state index in [9.17, 15) is 9.59 Å². The SMILES string of the molecule is O=C1NC(=S)N(c2ccc(Br)cc2)C(=O)/C1=C/C=C/c1ccco1. The minimum Gasteiger partial charge on any atom is -0.465 e. The second kappa shape index (κ2) is 6.94. The van der Waals surface area contributed by atoms with Gasteiger partial charge >= 0.3 is 0 Å². The van der Waals surface area contributed by atoms with Crippen molar-refractivity contribution >= 4 is 56.8 Å². The highest BCUT2D eigenvalue weighted by Gasteiger charge is 2.33. The van der Waals surface area contributed by atoms with Crippen LogP contribution in [0.25, 0.3) is 6.08 Å². The topological polar surface area (TPSA) is 62.6 Å². The van der Waals surface area contributed by atoms with Gasteiger partial charge in [-0.05, 0) is 60.8 Å². The summed E-state index contributed by atoms with van der Waals surface area (Å²) in [6.07, 6.45) is 6.22. The highest BCUT2D eigenvalue weighted by Crippen LogP contribution is 2.22. The number of rotatable bonds is 3. The van der Waals surface area contributed by atoms with Gasteiger partial charge in [0.05, 0.1) is 12.0 Å². The van der Waals surface area contributed by atoms with Crippen LogP contribution in [0.2, 0.25) is 0 Å². The van der Waals surface area contributed by atoms with E-state index in [4.69, 9.17) is 16.6 Å². The van der Waals surface area contributed by atoms with Crippen molar-refractivity contribution in [2.24, 2.45) is 0 Å². The summed E-state index contributed by atoms with van der Waals surface area (Å²) >= 11 is 8.47. The molecule has 0 bridgehead atoms. The van der Waals surface area contributed by atoms with Crippen LogP contribution < -0.4 is 10.2 Å². The van der Waals surface area contributed by atoms with E-state index in [2.05, 4.69) is 21.2 Å². The third kappa shape index (κ3) is 3.37. The van der Waals surface area contributed by atoms with Gasteiger partial charge in [0.25, 0.3) is 11.8 Å².